The van der Waals surface area contributed by atoms with Crippen molar-refractivity contribution in [1.82, 2.24) is 19.6 Å². The van der Waals surface area contributed by atoms with E-state index in [1.54, 1.807) is 0 Å². The van der Waals surface area contributed by atoms with Crippen LogP contribution in [-0.2, 0) is 6.54 Å². The Bertz CT molecular complexity index is 737. The predicted octanol–water partition coefficient (Wildman–Crippen LogP) is 2.60. The van der Waals surface area contributed by atoms with E-state index in [0.29, 0.717) is 0 Å². The molecule has 5 heteroatoms. The van der Waals surface area contributed by atoms with E-state index in [1.165, 1.54) is 30.4 Å². The molecule has 0 bridgehead atoms. The molecule has 2 aliphatic rings. The number of likely N-dealkylation sites (tertiary alicyclic amines) is 2. The van der Waals surface area contributed by atoms with Crippen molar-refractivity contribution in [2.75, 3.05) is 32.7 Å². The predicted molar refractivity (Wildman–Crippen MR) is 103 cm³/mol. The van der Waals surface area contributed by atoms with E-state index in [9.17, 15) is 5.11 Å². The number of nitrogens with zero attached hydrogens (tertiary/aromatic N) is 4. The Morgan fingerprint density at radius 1 is 1.12 bits per heavy atom. The number of benzene rings is 1. The van der Waals surface area contributed by atoms with Crippen LogP contribution in [0.4, 0.5) is 0 Å². The highest BCUT2D eigenvalue weighted by Gasteiger charge is 2.37. The van der Waals surface area contributed by atoms with Gasteiger partial charge in [0.2, 0.25) is 0 Å². The summed E-state index contributed by atoms with van der Waals surface area (Å²) in [5.74, 6) is 0. The molecule has 26 heavy (non-hydrogen) atoms. The van der Waals surface area contributed by atoms with Gasteiger partial charge in [-0.05, 0) is 57.0 Å². The number of hydrogen-bond donors (Lipinski definition) is 1. The highest BCUT2D eigenvalue weighted by molar-refractivity contribution is 5.35. The third-order valence-electron chi connectivity index (χ3n) is 5.69. The van der Waals surface area contributed by atoms with Crippen molar-refractivity contribution in [1.29, 1.82) is 0 Å². The lowest BCUT2D eigenvalue weighted by Gasteiger charge is -2.33. The second kappa shape index (κ2) is 7.51. The van der Waals surface area contributed by atoms with Gasteiger partial charge in [0.25, 0.3) is 0 Å². The van der Waals surface area contributed by atoms with E-state index in [2.05, 4.69) is 52.3 Å². The summed E-state index contributed by atoms with van der Waals surface area (Å²) in [5, 5.41) is 15.5. The van der Waals surface area contributed by atoms with Crippen LogP contribution in [0.5, 0.6) is 0 Å². The zero-order valence-corrected chi connectivity index (χ0v) is 15.8. The molecule has 1 atom stereocenters. The molecule has 1 aromatic carbocycles. The van der Waals surface area contributed by atoms with E-state index in [0.717, 1.165) is 51.4 Å². The molecule has 0 saturated carbocycles. The summed E-state index contributed by atoms with van der Waals surface area (Å²) in [7, 11) is 0. The van der Waals surface area contributed by atoms with E-state index >= 15 is 0 Å². The van der Waals surface area contributed by atoms with Crippen LogP contribution in [0.1, 0.15) is 36.8 Å². The number of hydrogen-bond acceptors (Lipinski definition) is 4. The summed E-state index contributed by atoms with van der Waals surface area (Å²) < 4.78 is 1.94. The Kier molecular flexibility index (Phi) is 5.11. The molecule has 0 aliphatic carbocycles. The van der Waals surface area contributed by atoms with Crippen molar-refractivity contribution in [3.8, 4) is 5.69 Å². The quantitative estimate of drug-likeness (QED) is 0.896. The van der Waals surface area contributed by atoms with E-state index in [1.807, 2.05) is 10.9 Å². The van der Waals surface area contributed by atoms with Crippen LogP contribution in [0.25, 0.3) is 5.69 Å². The largest absolute Gasteiger partial charge is 0.387 e. The zero-order valence-electron chi connectivity index (χ0n) is 15.8. The number of piperidine rings is 1. The summed E-state index contributed by atoms with van der Waals surface area (Å²) in [6.07, 6.45) is 8.82. The average molecular weight is 354 g/mol. The number of rotatable bonds is 5. The minimum Gasteiger partial charge on any atom is -0.387 e. The second-order valence-electron chi connectivity index (χ2n) is 8.15. The van der Waals surface area contributed by atoms with Crippen LogP contribution in [0.15, 0.2) is 36.7 Å². The first-order valence-electron chi connectivity index (χ1n) is 9.87. The fourth-order valence-corrected chi connectivity index (χ4v) is 4.35. The standard InChI is InChI=1S/C21H30N4O/c1-18-6-5-7-20(12-18)25-15-19(13-22-25)14-24-11-8-21(26,17-24)16-23-9-3-2-4-10-23/h5-7,12-13,15,26H,2-4,8-11,14,16-17H2,1H3. The number of aryl methyl sites for hydroxylation is 1. The van der Waals surface area contributed by atoms with E-state index in [4.69, 9.17) is 0 Å². The highest BCUT2D eigenvalue weighted by Crippen LogP contribution is 2.25. The molecule has 5 nitrogen and oxygen atoms in total. The maximum absolute atomic E-state index is 11.0. The number of aromatic nitrogens is 2. The maximum atomic E-state index is 11.0. The second-order valence-corrected chi connectivity index (χ2v) is 8.15. The Hall–Kier alpha value is -1.69. The Labute approximate surface area is 156 Å². The van der Waals surface area contributed by atoms with Crippen LogP contribution in [0.3, 0.4) is 0 Å². The summed E-state index contributed by atoms with van der Waals surface area (Å²) in [5.41, 5.74) is 2.99. The summed E-state index contributed by atoms with van der Waals surface area (Å²) in [6, 6.07) is 8.38. The molecule has 0 radical (unpaired) electrons. The van der Waals surface area contributed by atoms with E-state index < -0.39 is 5.60 Å². The van der Waals surface area contributed by atoms with Crippen molar-refractivity contribution in [3.05, 3.63) is 47.8 Å². The van der Waals surface area contributed by atoms with Gasteiger partial charge in [0.1, 0.15) is 0 Å². The molecule has 1 unspecified atom stereocenters. The molecule has 1 N–H and O–H groups in total. The summed E-state index contributed by atoms with van der Waals surface area (Å²) in [4.78, 5) is 4.81. The first-order chi connectivity index (χ1) is 12.6. The smallest absolute Gasteiger partial charge is 0.0912 e. The Morgan fingerprint density at radius 3 is 2.77 bits per heavy atom. The van der Waals surface area contributed by atoms with Crippen LogP contribution in [0.2, 0.25) is 0 Å². The summed E-state index contributed by atoms with van der Waals surface area (Å²) >= 11 is 0. The van der Waals surface area contributed by atoms with Crippen molar-refractivity contribution in [3.63, 3.8) is 0 Å². The van der Waals surface area contributed by atoms with Crippen LogP contribution < -0.4 is 0 Å². The van der Waals surface area contributed by atoms with Crippen molar-refractivity contribution in [2.45, 2.75) is 44.8 Å². The SMILES string of the molecule is Cc1cccc(-n2cc(CN3CCC(O)(CN4CCCCC4)C3)cn2)c1. The molecular weight excluding hydrogens is 324 g/mol. The lowest BCUT2D eigenvalue weighted by atomic mass is 10.0. The molecule has 2 fully saturated rings. The zero-order chi connectivity index (χ0) is 18.0. The third-order valence-corrected chi connectivity index (χ3v) is 5.69. The average Bonchev–Trinajstić information content (AvgIpc) is 3.23. The monoisotopic (exact) mass is 354 g/mol. The van der Waals surface area contributed by atoms with Gasteiger partial charge in [-0.3, -0.25) is 4.90 Å². The minimum absolute atomic E-state index is 0.552. The van der Waals surface area contributed by atoms with Gasteiger partial charge in [-0.1, -0.05) is 18.6 Å². The van der Waals surface area contributed by atoms with Gasteiger partial charge in [0.15, 0.2) is 0 Å². The van der Waals surface area contributed by atoms with Gasteiger partial charge < -0.3 is 10.0 Å². The van der Waals surface area contributed by atoms with Crippen molar-refractivity contribution in [2.24, 2.45) is 0 Å². The normalized spacial score (nSPS) is 25.0. The lowest BCUT2D eigenvalue weighted by Crippen LogP contribution is -2.46. The van der Waals surface area contributed by atoms with Crippen molar-refractivity contribution < 1.29 is 5.11 Å². The van der Waals surface area contributed by atoms with Gasteiger partial charge in [-0.25, -0.2) is 4.68 Å². The molecule has 3 heterocycles. The molecular formula is C21H30N4O. The fourth-order valence-electron chi connectivity index (χ4n) is 4.35. The number of aliphatic hydroxyl groups is 1. The molecule has 140 valence electrons. The topological polar surface area (TPSA) is 44.5 Å². The molecule has 1 aromatic heterocycles. The van der Waals surface area contributed by atoms with Gasteiger partial charge >= 0.3 is 0 Å². The Balaban J connectivity index is 1.35. The Morgan fingerprint density at radius 2 is 1.96 bits per heavy atom. The van der Waals surface area contributed by atoms with Gasteiger partial charge in [-0.2, -0.15) is 5.10 Å². The van der Waals surface area contributed by atoms with Crippen LogP contribution in [-0.4, -0.2) is 63.0 Å². The molecule has 0 amide bonds. The van der Waals surface area contributed by atoms with Gasteiger partial charge in [0.05, 0.1) is 17.5 Å². The fraction of sp³-hybridized carbons (Fsp3) is 0.571. The summed E-state index contributed by atoms with van der Waals surface area (Å²) in [6.45, 7) is 7.79. The van der Waals surface area contributed by atoms with Gasteiger partial charge in [-0.15, -0.1) is 0 Å². The number of β-amino-alcohol motifs (C(OH)–C–C–N with tert-alkyl or cyclic N) is 1. The molecule has 4 rings (SSSR count). The highest BCUT2D eigenvalue weighted by atomic mass is 16.3. The van der Waals surface area contributed by atoms with Crippen molar-refractivity contribution >= 4 is 0 Å². The molecule has 0 spiro atoms. The first kappa shape index (κ1) is 17.7. The van der Waals surface area contributed by atoms with Gasteiger partial charge in [0, 0.05) is 37.9 Å². The minimum atomic E-state index is -0.552. The van der Waals surface area contributed by atoms with Crippen LogP contribution >= 0.6 is 0 Å². The lowest BCUT2D eigenvalue weighted by molar-refractivity contribution is 0.00635. The third kappa shape index (κ3) is 4.17. The van der Waals surface area contributed by atoms with Crippen LogP contribution in [0, 0.1) is 6.92 Å². The molecule has 2 aliphatic heterocycles. The molecule has 2 saturated heterocycles. The maximum Gasteiger partial charge on any atom is 0.0912 e. The first-order valence-corrected chi connectivity index (χ1v) is 9.87. The van der Waals surface area contributed by atoms with E-state index in [-0.39, 0.29) is 0 Å². The molecule has 2 aromatic rings.